The van der Waals surface area contributed by atoms with Crippen LogP contribution in [-0.4, -0.2) is 18.7 Å². The molecule has 6 rings (SSSR count). The highest BCUT2D eigenvalue weighted by atomic mass is 32.2. The summed E-state index contributed by atoms with van der Waals surface area (Å²) in [6.07, 6.45) is -51.2. The molecule has 0 spiro atoms. The molecule has 6 aromatic rings. The smallest absolute Gasteiger partial charge is 0.416 e. The Bertz CT molecular complexity index is 2590. The highest BCUT2D eigenvalue weighted by Crippen LogP contribution is 2.41. The molecule has 0 fully saturated rings. The van der Waals surface area contributed by atoms with Crippen molar-refractivity contribution in [1.82, 2.24) is 0 Å². The minimum atomic E-state index is -6.13. The van der Waals surface area contributed by atoms with Crippen molar-refractivity contribution in [3.8, 4) is 11.5 Å². The van der Waals surface area contributed by atoms with E-state index < -0.39 is 205 Å². The lowest BCUT2D eigenvalue weighted by Crippen LogP contribution is -2.75. The van der Waals surface area contributed by atoms with Crippen molar-refractivity contribution < 1.29 is 114 Å². The average Bonchev–Trinajstić information content (AvgIpc) is 3.25. The molecule has 2 nitrogen and oxygen atoms in total. The van der Waals surface area contributed by atoms with Crippen LogP contribution in [0.5, 0.6) is 11.5 Å². The van der Waals surface area contributed by atoms with Crippen LogP contribution in [0.25, 0.3) is 0 Å². The van der Waals surface area contributed by atoms with Crippen molar-refractivity contribution in [2.45, 2.75) is 55.2 Å². The minimum Gasteiger partial charge on any atom is -0.457 e. The second kappa shape index (κ2) is 20.3. The number of para-hydroxylation sites is 1. The van der Waals surface area contributed by atoms with Crippen molar-refractivity contribution in [3.05, 3.63) is 177 Å². The van der Waals surface area contributed by atoms with Gasteiger partial charge in [-0.3, -0.25) is 0 Å². The molecule has 0 aliphatic carbocycles. The highest BCUT2D eigenvalue weighted by Gasteiger charge is 2.47. The normalized spacial score (nSPS) is 13.6. The van der Waals surface area contributed by atoms with Gasteiger partial charge in [-0.05, 0) is 48.5 Å². The summed E-state index contributed by atoms with van der Waals surface area (Å²) in [6.45, 7) is 0. The van der Waals surface area contributed by atoms with Gasteiger partial charge in [0, 0.05) is 5.56 Å². The fourth-order valence-electron chi connectivity index (χ4n) is 7.75. The van der Waals surface area contributed by atoms with E-state index in [4.69, 9.17) is 4.74 Å². The summed E-state index contributed by atoms with van der Waals surface area (Å²) in [7, 11) is -1.74. The van der Waals surface area contributed by atoms with Gasteiger partial charge in [0.15, 0.2) is 0 Å². The van der Waals surface area contributed by atoms with Crippen LogP contribution in [0.1, 0.15) is 50.1 Å². The van der Waals surface area contributed by atoms with Crippen LogP contribution < -0.4 is 26.6 Å². The third kappa shape index (κ3) is 14.7. The van der Waals surface area contributed by atoms with Crippen LogP contribution in [0.2, 0.25) is 0 Å². The quantitative estimate of drug-likeness (QED) is 0.0862. The lowest BCUT2D eigenvalue weighted by atomic mass is 9.12. The lowest BCUT2D eigenvalue weighted by Gasteiger charge is -2.46. The number of rotatable bonds is 8. The van der Waals surface area contributed by atoms with Crippen molar-refractivity contribution in [2.24, 2.45) is 0 Å². The van der Waals surface area contributed by atoms with E-state index in [0.717, 1.165) is 17.1 Å². The van der Waals surface area contributed by atoms with Gasteiger partial charge in [0.05, 0.1) is 54.4 Å². The predicted molar refractivity (Wildman–Crippen MR) is 227 cm³/mol. The minimum absolute atomic E-state index is 0.610. The molecule has 0 saturated heterocycles. The second-order valence-corrected chi connectivity index (χ2v) is 20.0. The number of benzene rings is 6. The van der Waals surface area contributed by atoms with E-state index in [2.05, 4.69) is 0 Å². The van der Waals surface area contributed by atoms with Gasteiger partial charge >= 0.3 is 49.4 Å². The van der Waals surface area contributed by atoms with Crippen molar-refractivity contribution in [3.63, 3.8) is 0 Å². The maximum absolute atomic E-state index is 14.2. The summed E-state index contributed by atoms with van der Waals surface area (Å²) >= 11 is 0. The van der Waals surface area contributed by atoms with Crippen molar-refractivity contribution in [1.29, 1.82) is 0 Å². The SMILES string of the molecule is C[S+](C)(=O)Cc1ccc(Oc2ccccc2)cc1.FC(F)(F)c1cc([B-](c2cc(C(F)(F)F)cc(C(F)(F)F)c2)(c2cc(C(F)(F)F)cc(C(F)(F)F)c2)c2cc(C(F)(F)F)cc(C(F)(F)F)c2)cc(C(F)(F)F)c1. The third-order valence-electron chi connectivity index (χ3n) is 10.9. The van der Waals surface area contributed by atoms with Gasteiger partial charge in [-0.1, -0.05) is 78.9 Å². The molecule has 0 saturated carbocycles. The van der Waals surface area contributed by atoms with Gasteiger partial charge in [-0.25, -0.2) is 0 Å². The first kappa shape index (κ1) is 59.5. The van der Waals surface area contributed by atoms with Gasteiger partial charge in [-0.2, -0.15) is 127 Å². The molecule has 0 N–H and O–H groups in total. The van der Waals surface area contributed by atoms with Crippen LogP contribution in [0.15, 0.2) is 127 Å². The number of hydrogen-bond acceptors (Lipinski definition) is 2. The van der Waals surface area contributed by atoms with Gasteiger partial charge in [-0.15, -0.1) is 4.21 Å². The number of hydrogen-bond donors (Lipinski definition) is 0. The fourth-order valence-corrected chi connectivity index (χ4v) is 8.75. The van der Waals surface area contributed by atoms with Gasteiger partial charge < -0.3 is 4.74 Å². The monoisotopic (exact) mass is 1120 g/mol. The second-order valence-electron chi connectivity index (χ2n) is 16.9. The number of ether oxygens (including phenoxy) is 1. The van der Waals surface area contributed by atoms with E-state index in [1.807, 2.05) is 54.6 Å². The van der Waals surface area contributed by atoms with E-state index in [-0.39, 0.29) is 0 Å². The standard InChI is InChI=1S/C32H12BF24.C15H17O2S/c34-25(35,36)13-1-14(26(37,38)39)6-21(5-13)33(22-7-15(27(40,41)42)2-16(8-22)28(43,44)45,23-9-17(29(46,47)48)3-18(10-23)30(49,50)51)24-11-19(31(52,53)54)4-20(12-24)32(55,56)57;1-18(2,16)12-13-8-10-15(11-9-13)17-14-6-4-3-5-7-14/h1-12H;3-11H,12H2,1-2H3/q-1;+1. The summed E-state index contributed by atoms with van der Waals surface area (Å²) in [5.74, 6) is 2.22. The molecule has 6 aromatic carbocycles. The zero-order chi connectivity index (χ0) is 56.9. The maximum atomic E-state index is 14.2. The van der Waals surface area contributed by atoms with E-state index in [0.29, 0.717) is 5.75 Å². The first-order chi connectivity index (χ1) is 33.8. The first-order valence-corrected chi connectivity index (χ1v) is 22.9. The van der Waals surface area contributed by atoms with E-state index >= 15 is 0 Å². The molecule has 28 heteroatoms. The molecule has 0 amide bonds. The van der Waals surface area contributed by atoms with Gasteiger partial charge in [0.1, 0.15) is 35.9 Å². The topological polar surface area (TPSA) is 26.3 Å². The molecule has 406 valence electrons. The van der Waals surface area contributed by atoms with Gasteiger partial charge in [0.2, 0.25) is 0 Å². The molecular weight excluding hydrogens is 1100 g/mol. The predicted octanol–water partition coefficient (Wildman–Crippen LogP) is 15.0. The van der Waals surface area contributed by atoms with E-state index in [1.54, 1.807) is 12.5 Å². The Morgan fingerprint density at radius 1 is 0.333 bits per heavy atom. The summed E-state index contributed by atoms with van der Waals surface area (Å²) in [6, 6.07) is 8.60. The summed E-state index contributed by atoms with van der Waals surface area (Å²) < 4.78 is 358. The molecule has 0 radical (unpaired) electrons. The Morgan fingerprint density at radius 2 is 0.547 bits per heavy atom. The Kier molecular flexibility index (Phi) is 16.1. The third-order valence-corrected chi connectivity index (χ3v) is 11.9. The zero-order valence-electron chi connectivity index (χ0n) is 37.2. The van der Waals surface area contributed by atoms with E-state index in [9.17, 15) is 110 Å². The number of halogens is 24. The zero-order valence-corrected chi connectivity index (χ0v) is 38.0. The van der Waals surface area contributed by atoms with Crippen molar-refractivity contribution >= 4 is 37.9 Å². The maximum Gasteiger partial charge on any atom is 0.416 e. The largest absolute Gasteiger partial charge is 0.457 e. The van der Waals surface area contributed by atoms with E-state index in [1.165, 1.54) is 0 Å². The van der Waals surface area contributed by atoms with Crippen LogP contribution in [0.3, 0.4) is 0 Å². The summed E-state index contributed by atoms with van der Waals surface area (Å²) in [5, 5.41) is 0. The molecule has 0 aliphatic heterocycles. The number of alkyl halides is 24. The molecule has 0 bridgehead atoms. The van der Waals surface area contributed by atoms with Crippen molar-refractivity contribution in [2.75, 3.05) is 12.5 Å². The van der Waals surface area contributed by atoms with Crippen LogP contribution in [0, 0.1) is 0 Å². The van der Waals surface area contributed by atoms with Crippen LogP contribution in [0.4, 0.5) is 105 Å². The summed E-state index contributed by atoms with van der Waals surface area (Å²) in [4.78, 5) is 0. The fraction of sp³-hybridized carbons (Fsp3) is 0.234. The molecule has 0 atom stereocenters. The van der Waals surface area contributed by atoms with Crippen LogP contribution >= 0.6 is 0 Å². The van der Waals surface area contributed by atoms with Crippen LogP contribution in [-0.2, 0) is 69.3 Å². The van der Waals surface area contributed by atoms with Gasteiger partial charge in [0.25, 0.3) is 0 Å². The molecular formula is C47H29BF24O2S. The lowest BCUT2D eigenvalue weighted by molar-refractivity contribution is -0.144. The molecule has 75 heavy (non-hydrogen) atoms. The average molecular weight is 1120 g/mol. The Morgan fingerprint density at radius 3 is 0.747 bits per heavy atom. The molecule has 0 aliphatic rings. The Balaban J connectivity index is 0.000000483. The summed E-state index contributed by atoms with van der Waals surface area (Å²) in [5.41, 5.74) is -29.1. The Hall–Kier alpha value is -6.35. The first-order valence-electron chi connectivity index (χ1n) is 20.4. The molecule has 0 heterocycles. The molecule has 0 aromatic heterocycles. The Labute approximate surface area is 408 Å². The molecule has 0 unspecified atom stereocenters. The highest BCUT2D eigenvalue weighted by molar-refractivity contribution is 8.00.